The lowest BCUT2D eigenvalue weighted by atomic mass is 10.2. The van der Waals surface area contributed by atoms with Gasteiger partial charge in [-0.2, -0.15) is 13.2 Å². The molecule has 1 atom stereocenters. The topological polar surface area (TPSA) is 32.3 Å². The summed E-state index contributed by atoms with van der Waals surface area (Å²) in [6.45, 7) is 1.09. The lowest BCUT2D eigenvalue weighted by molar-refractivity contribution is -0.136. The quantitative estimate of drug-likeness (QED) is 0.737. The van der Waals surface area contributed by atoms with Crippen molar-refractivity contribution < 1.29 is 18.0 Å². The molecule has 1 heterocycles. The summed E-state index contributed by atoms with van der Waals surface area (Å²) in [7, 11) is 1.72. The third-order valence-electron chi connectivity index (χ3n) is 2.78. The van der Waals surface area contributed by atoms with Crippen molar-refractivity contribution in [2.24, 2.45) is 0 Å². The first-order valence-electron chi connectivity index (χ1n) is 5.47. The van der Waals surface area contributed by atoms with E-state index in [1.54, 1.807) is 11.9 Å². The number of carbonyl (C=O) groups is 1. The molecule has 0 saturated carbocycles. The van der Waals surface area contributed by atoms with Crippen LogP contribution >= 0.6 is 0 Å². The molecule has 1 rings (SSSR count). The van der Waals surface area contributed by atoms with Crippen LogP contribution in [0.2, 0.25) is 0 Å². The minimum atomic E-state index is -4.08. The zero-order valence-electron chi connectivity index (χ0n) is 9.31. The van der Waals surface area contributed by atoms with Crippen molar-refractivity contribution >= 4 is 5.91 Å². The van der Waals surface area contributed by atoms with Gasteiger partial charge in [0, 0.05) is 19.5 Å². The highest BCUT2D eigenvalue weighted by Gasteiger charge is 2.30. The second-order valence-corrected chi connectivity index (χ2v) is 4.03. The van der Waals surface area contributed by atoms with E-state index in [0.29, 0.717) is 19.5 Å². The average Bonchev–Trinajstić information content (AvgIpc) is 2.53. The molecule has 1 aliphatic heterocycles. The molecule has 0 aromatic heterocycles. The maximum Gasteiger partial charge on any atom is 0.389 e. The molecule has 16 heavy (non-hydrogen) atoms. The number of halogens is 3. The van der Waals surface area contributed by atoms with Crippen molar-refractivity contribution in [3.05, 3.63) is 0 Å². The van der Waals surface area contributed by atoms with E-state index in [1.807, 2.05) is 0 Å². The van der Waals surface area contributed by atoms with Gasteiger partial charge >= 0.3 is 6.18 Å². The van der Waals surface area contributed by atoms with E-state index in [2.05, 4.69) is 5.32 Å². The lowest BCUT2D eigenvalue weighted by Gasteiger charge is -2.16. The number of nitrogens with zero attached hydrogens (tertiary/aromatic N) is 1. The number of unbranched alkanes of at least 4 members (excludes halogenated alkanes) is 1. The van der Waals surface area contributed by atoms with Crippen LogP contribution in [0.25, 0.3) is 0 Å². The van der Waals surface area contributed by atoms with Crippen LogP contribution < -0.4 is 5.32 Å². The summed E-state index contributed by atoms with van der Waals surface area (Å²) in [6, 6.07) is -0.150. The molecule has 1 saturated heterocycles. The molecule has 1 N–H and O–H groups in total. The molecule has 0 radical (unpaired) electrons. The molecular formula is C10H17F3N2O. The number of hydrogen-bond acceptors (Lipinski definition) is 2. The van der Waals surface area contributed by atoms with Gasteiger partial charge in [0.25, 0.3) is 0 Å². The van der Waals surface area contributed by atoms with Gasteiger partial charge in [0.1, 0.15) is 0 Å². The molecule has 1 unspecified atom stereocenters. The zero-order chi connectivity index (χ0) is 12.2. The Morgan fingerprint density at radius 3 is 2.62 bits per heavy atom. The summed E-state index contributed by atoms with van der Waals surface area (Å²) in [6.07, 6.45) is -3.58. The van der Waals surface area contributed by atoms with Crippen molar-refractivity contribution in [1.29, 1.82) is 0 Å². The number of likely N-dealkylation sites (N-methyl/N-ethyl adjacent to an activating group) is 1. The molecule has 1 amide bonds. The van der Waals surface area contributed by atoms with Crippen LogP contribution in [-0.4, -0.2) is 43.2 Å². The Hall–Kier alpha value is -0.780. The predicted octanol–water partition coefficient (Wildman–Crippen LogP) is 1.54. The maximum absolute atomic E-state index is 11.9. The SMILES string of the molecule is CNC1CCN(CCCCC(F)(F)F)C1=O. The third-order valence-corrected chi connectivity index (χ3v) is 2.78. The van der Waals surface area contributed by atoms with E-state index < -0.39 is 12.6 Å². The van der Waals surface area contributed by atoms with Crippen molar-refractivity contribution in [2.45, 2.75) is 37.9 Å². The van der Waals surface area contributed by atoms with Gasteiger partial charge in [-0.25, -0.2) is 0 Å². The summed E-state index contributed by atoms with van der Waals surface area (Å²) >= 11 is 0. The van der Waals surface area contributed by atoms with Gasteiger partial charge in [0.2, 0.25) is 5.91 Å². The first kappa shape index (κ1) is 13.3. The van der Waals surface area contributed by atoms with Crippen LogP contribution in [0.4, 0.5) is 13.2 Å². The molecule has 1 fully saturated rings. The van der Waals surface area contributed by atoms with Crippen LogP contribution in [0.1, 0.15) is 25.7 Å². The van der Waals surface area contributed by atoms with E-state index in [0.717, 1.165) is 6.42 Å². The molecule has 0 aliphatic carbocycles. The molecule has 0 aromatic carbocycles. The smallest absolute Gasteiger partial charge is 0.341 e. The minimum absolute atomic E-state index is 0.00880. The van der Waals surface area contributed by atoms with Gasteiger partial charge in [0.15, 0.2) is 0 Å². The first-order valence-corrected chi connectivity index (χ1v) is 5.47. The largest absolute Gasteiger partial charge is 0.389 e. The van der Waals surface area contributed by atoms with Crippen LogP contribution in [-0.2, 0) is 4.79 Å². The van der Waals surface area contributed by atoms with Gasteiger partial charge < -0.3 is 10.2 Å². The van der Waals surface area contributed by atoms with Gasteiger partial charge in [-0.1, -0.05) is 0 Å². The van der Waals surface area contributed by atoms with Gasteiger partial charge in [-0.15, -0.1) is 0 Å². The van der Waals surface area contributed by atoms with Crippen molar-refractivity contribution in [3.63, 3.8) is 0 Å². The molecule has 3 nitrogen and oxygen atoms in total. The molecule has 94 valence electrons. The monoisotopic (exact) mass is 238 g/mol. The van der Waals surface area contributed by atoms with Gasteiger partial charge in [-0.3, -0.25) is 4.79 Å². The van der Waals surface area contributed by atoms with E-state index >= 15 is 0 Å². The summed E-state index contributed by atoms with van der Waals surface area (Å²) in [5, 5.41) is 2.89. The van der Waals surface area contributed by atoms with Crippen molar-refractivity contribution in [3.8, 4) is 0 Å². The number of nitrogens with one attached hydrogen (secondary N) is 1. The number of carbonyl (C=O) groups excluding carboxylic acids is 1. The van der Waals surface area contributed by atoms with Crippen LogP contribution in [0.5, 0.6) is 0 Å². The third kappa shape index (κ3) is 4.00. The second-order valence-electron chi connectivity index (χ2n) is 4.03. The summed E-state index contributed by atoms with van der Waals surface area (Å²) < 4.78 is 35.6. The lowest BCUT2D eigenvalue weighted by Crippen LogP contribution is -2.36. The Balaban J connectivity index is 2.17. The number of likely N-dealkylation sites (tertiary alicyclic amines) is 1. The van der Waals surface area contributed by atoms with Gasteiger partial charge in [0.05, 0.1) is 6.04 Å². The van der Waals surface area contributed by atoms with E-state index in [9.17, 15) is 18.0 Å². The fraction of sp³-hybridized carbons (Fsp3) is 0.900. The number of amides is 1. The molecule has 1 aliphatic rings. The Kier molecular flexibility index (Phi) is 4.58. The number of alkyl halides is 3. The molecule has 0 spiro atoms. The van der Waals surface area contributed by atoms with Crippen LogP contribution in [0.15, 0.2) is 0 Å². The maximum atomic E-state index is 11.9. The molecule has 0 aromatic rings. The minimum Gasteiger partial charge on any atom is -0.341 e. The van der Waals surface area contributed by atoms with E-state index in [4.69, 9.17) is 0 Å². The first-order chi connectivity index (χ1) is 7.44. The van der Waals surface area contributed by atoms with Crippen molar-refractivity contribution in [1.82, 2.24) is 10.2 Å². The molecular weight excluding hydrogens is 221 g/mol. The Morgan fingerprint density at radius 1 is 1.44 bits per heavy atom. The van der Waals surface area contributed by atoms with E-state index in [1.165, 1.54) is 0 Å². The van der Waals surface area contributed by atoms with Crippen LogP contribution in [0.3, 0.4) is 0 Å². The highest BCUT2D eigenvalue weighted by Crippen LogP contribution is 2.22. The van der Waals surface area contributed by atoms with Gasteiger partial charge in [-0.05, 0) is 26.3 Å². The highest BCUT2D eigenvalue weighted by atomic mass is 19.4. The fourth-order valence-electron chi connectivity index (χ4n) is 1.86. The zero-order valence-corrected chi connectivity index (χ0v) is 9.31. The van der Waals surface area contributed by atoms with Crippen LogP contribution in [0, 0.1) is 0 Å². The van der Waals surface area contributed by atoms with Crippen molar-refractivity contribution in [2.75, 3.05) is 20.1 Å². The second kappa shape index (κ2) is 5.52. The summed E-state index contributed by atoms with van der Waals surface area (Å²) in [5.41, 5.74) is 0. The number of hydrogen-bond donors (Lipinski definition) is 1. The fourth-order valence-corrected chi connectivity index (χ4v) is 1.86. The Morgan fingerprint density at radius 2 is 2.12 bits per heavy atom. The standard InChI is InChI=1S/C10H17F3N2O/c1-14-8-4-7-15(9(8)16)6-3-2-5-10(11,12)13/h8,14H,2-7H2,1H3. The number of rotatable bonds is 5. The molecule has 0 bridgehead atoms. The summed E-state index contributed by atoms with van der Waals surface area (Å²) in [4.78, 5) is 13.2. The average molecular weight is 238 g/mol. The predicted molar refractivity (Wildman–Crippen MR) is 54.0 cm³/mol. The Labute approximate surface area is 93.0 Å². The normalized spacial score (nSPS) is 21.9. The highest BCUT2D eigenvalue weighted by molar-refractivity contribution is 5.83. The van der Waals surface area contributed by atoms with E-state index in [-0.39, 0.29) is 18.4 Å². The Bertz CT molecular complexity index is 243. The molecule has 6 heteroatoms. The summed E-state index contributed by atoms with van der Waals surface area (Å²) in [5.74, 6) is 0.00880.